The van der Waals surface area contributed by atoms with Crippen LogP contribution < -0.4 is 15.6 Å². The zero-order valence-corrected chi connectivity index (χ0v) is 13.8. The van der Waals surface area contributed by atoms with E-state index in [4.69, 9.17) is 9.47 Å². The first-order chi connectivity index (χ1) is 10.6. The van der Waals surface area contributed by atoms with Gasteiger partial charge >= 0.3 is 0 Å². The number of thioether (sulfide) groups is 1. The van der Waals surface area contributed by atoms with Crippen molar-refractivity contribution >= 4 is 17.7 Å². The number of nitrogens with one attached hydrogen (secondary N) is 1. The number of carbonyl (C=O) groups is 1. The number of aryl methyl sites for hydroxylation is 1. The minimum Gasteiger partial charge on any atom is -0.496 e. The van der Waals surface area contributed by atoms with Crippen LogP contribution in [0.1, 0.15) is 23.2 Å². The van der Waals surface area contributed by atoms with Gasteiger partial charge in [0.1, 0.15) is 5.75 Å². The maximum atomic E-state index is 12.2. The van der Waals surface area contributed by atoms with Gasteiger partial charge in [0, 0.05) is 50.1 Å². The highest BCUT2D eigenvalue weighted by Gasteiger charge is 2.16. The second-order valence-corrected chi connectivity index (χ2v) is 6.55. The molecular weight excluding hydrogens is 304 g/mol. The van der Waals surface area contributed by atoms with Gasteiger partial charge in [-0.15, -0.1) is 0 Å². The molecule has 0 aromatic carbocycles. The quantitative estimate of drug-likeness (QED) is 0.791. The van der Waals surface area contributed by atoms with Crippen LogP contribution in [0, 0.1) is 0 Å². The van der Waals surface area contributed by atoms with Crippen molar-refractivity contribution in [2.45, 2.75) is 18.1 Å². The molecule has 2 rings (SSSR count). The third-order valence-electron chi connectivity index (χ3n) is 3.56. The Labute approximate surface area is 134 Å². The summed E-state index contributed by atoms with van der Waals surface area (Å²) in [6.45, 7) is 2.26. The predicted octanol–water partition coefficient (Wildman–Crippen LogP) is 1.04. The van der Waals surface area contributed by atoms with Crippen molar-refractivity contribution in [1.29, 1.82) is 0 Å². The summed E-state index contributed by atoms with van der Waals surface area (Å²) in [5.41, 5.74) is 0.170. The molecule has 1 aliphatic rings. The van der Waals surface area contributed by atoms with Crippen molar-refractivity contribution in [3.8, 4) is 5.75 Å². The summed E-state index contributed by atoms with van der Waals surface area (Å²) in [6.07, 6.45) is 3.66. The van der Waals surface area contributed by atoms with Gasteiger partial charge in [-0.25, -0.2) is 0 Å². The molecule has 1 aliphatic heterocycles. The lowest BCUT2D eigenvalue weighted by Crippen LogP contribution is -2.29. The van der Waals surface area contributed by atoms with E-state index in [1.165, 1.54) is 23.9 Å². The number of nitrogens with zero attached hydrogens (tertiary/aromatic N) is 1. The monoisotopic (exact) mass is 326 g/mol. The van der Waals surface area contributed by atoms with Gasteiger partial charge < -0.3 is 19.4 Å². The molecule has 0 unspecified atom stereocenters. The van der Waals surface area contributed by atoms with Crippen LogP contribution in [0.15, 0.2) is 17.1 Å². The summed E-state index contributed by atoms with van der Waals surface area (Å²) < 4.78 is 11.8. The average Bonchev–Trinajstić information content (AvgIpc) is 2.54. The summed E-state index contributed by atoms with van der Waals surface area (Å²) in [5.74, 6) is 0.947. The van der Waals surface area contributed by atoms with E-state index in [0.29, 0.717) is 23.1 Å². The second kappa shape index (κ2) is 8.24. The molecule has 1 N–H and O–H groups in total. The summed E-state index contributed by atoms with van der Waals surface area (Å²) >= 11 is 1.87. The molecular formula is C15H22N2O4S. The summed E-state index contributed by atoms with van der Waals surface area (Å²) in [6, 6.07) is 1.33. The van der Waals surface area contributed by atoms with Gasteiger partial charge in [0.2, 0.25) is 0 Å². The molecule has 1 aromatic rings. The third-order valence-corrected chi connectivity index (χ3v) is 4.95. The Morgan fingerprint density at radius 3 is 2.91 bits per heavy atom. The van der Waals surface area contributed by atoms with Crippen LogP contribution in [0.4, 0.5) is 0 Å². The number of hydrogen-bond acceptors (Lipinski definition) is 5. The smallest absolute Gasteiger partial charge is 0.256 e. The predicted molar refractivity (Wildman–Crippen MR) is 86.9 cm³/mol. The zero-order valence-electron chi connectivity index (χ0n) is 13.0. The van der Waals surface area contributed by atoms with Gasteiger partial charge in [0.25, 0.3) is 11.5 Å². The van der Waals surface area contributed by atoms with Crippen LogP contribution in [-0.2, 0) is 11.8 Å². The highest BCUT2D eigenvalue weighted by Crippen LogP contribution is 2.21. The number of hydrogen-bond donors (Lipinski definition) is 1. The van der Waals surface area contributed by atoms with Crippen molar-refractivity contribution in [2.24, 2.45) is 7.05 Å². The Hall–Kier alpha value is -1.47. The van der Waals surface area contributed by atoms with Crippen LogP contribution in [0.3, 0.4) is 0 Å². The fourth-order valence-electron chi connectivity index (χ4n) is 2.28. The van der Waals surface area contributed by atoms with Gasteiger partial charge in [0.15, 0.2) is 0 Å². The minimum absolute atomic E-state index is 0.205. The number of methoxy groups -OCH3 is 1. The van der Waals surface area contributed by atoms with Crippen LogP contribution in [-0.4, -0.2) is 48.3 Å². The first-order valence-corrected chi connectivity index (χ1v) is 8.39. The maximum absolute atomic E-state index is 12.2. The molecule has 122 valence electrons. The molecule has 7 heteroatoms. The molecule has 1 saturated heterocycles. The maximum Gasteiger partial charge on any atom is 0.256 e. The van der Waals surface area contributed by atoms with E-state index in [9.17, 15) is 9.59 Å². The van der Waals surface area contributed by atoms with Gasteiger partial charge in [-0.3, -0.25) is 9.59 Å². The molecule has 0 bridgehead atoms. The van der Waals surface area contributed by atoms with Crippen molar-refractivity contribution in [1.82, 2.24) is 9.88 Å². The van der Waals surface area contributed by atoms with E-state index >= 15 is 0 Å². The first kappa shape index (κ1) is 16.9. The van der Waals surface area contributed by atoms with E-state index in [1.54, 1.807) is 7.05 Å². The van der Waals surface area contributed by atoms with Gasteiger partial charge in [-0.1, -0.05) is 0 Å². The molecule has 0 spiro atoms. The van der Waals surface area contributed by atoms with Gasteiger partial charge in [-0.2, -0.15) is 11.8 Å². The number of amides is 1. The van der Waals surface area contributed by atoms with Gasteiger partial charge in [0.05, 0.1) is 12.7 Å². The highest BCUT2D eigenvalue weighted by molar-refractivity contribution is 7.99. The topological polar surface area (TPSA) is 69.6 Å². The number of aromatic nitrogens is 1. The Balaban J connectivity index is 1.84. The van der Waals surface area contributed by atoms with E-state index in [1.807, 2.05) is 11.8 Å². The lowest BCUT2D eigenvalue weighted by atomic mass is 10.2. The Morgan fingerprint density at radius 1 is 1.50 bits per heavy atom. The largest absolute Gasteiger partial charge is 0.496 e. The SMILES string of the molecule is COc1cc(=O)n(C)cc1C(=O)NCCSC1CCOCC1. The van der Waals surface area contributed by atoms with Crippen molar-refractivity contribution in [3.63, 3.8) is 0 Å². The molecule has 0 atom stereocenters. The fourth-order valence-corrected chi connectivity index (χ4v) is 3.36. The van der Waals surface area contributed by atoms with Crippen LogP contribution in [0.25, 0.3) is 0 Å². The minimum atomic E-state index is -0.222. The molecule has 1 amide bonds. The standard InChI is InChI=1S/C15H22N2O4S/c1-17-10-12(13(20-2)9-14(17)18)15(19)16-5-8-22-11-3-6-21-7-4-11/h9-11H,3-8H2,1-2H3,(H,16,19). The molecule has 0 saturated carbocycles. The lowest BCUT2D eigenvalue weighted by Gasteiger charge is -2.21. The van der Waals surface area contributed by atoms with E-state index < -0.39 is 0 Å². The van der Waals surface area contributed by atoms with E-state index in [2.05, 4.69) is 5.32 Å². The summed E-state index contributed by atoms with van der Waals surface area (Å²) in [5, 5.41) is 3.50. The second-order valence-electron chi connectivity index (χ2n) is 5.14. The van der Waals surface area contributed by atoms with Gasteiger partial charge in [-0.05, 0) is 12.8 Å². The number of rotatable bonds is 6. The summed E-state index contributed by atoms with van der Waals surface area (Å²) in [7, 11) is 3.06. The normalized spacial score (nSPS) is 15.5. The summed E-state index contributed by atoms with van der Waals surface area (Å²) in [4.78, 5) is 23.7. The average molecular weight is 326 g/mol. The number of pyridine rings is 1. The van der Waals surface area contributed by atoms with Crippen molar-refractivity contribution in [3.05, 3.63) is 28.2 Å². The van der Waals surface area contributed by atoms with Crippen molar-refractivity contribution in [2.75, 3.05) is 32.6 Å². The van der Waals surface area contributed by atoms with E-state index in [-0.39, 0.29) is 11.5 Å². The first-order valence-electron chi connectivity index (χ1n) is 7.34. The lowest BCUT2D eigenvalue weighted by molar-refractivity contribution is 0.0951. The van der Waals surface area contributed by atoms with Crippen LogP contribution in [0.2, 0.25) is 0 Å². The van der Waals surface area contributed by atoms with Crippen LogP contribution in [0.5, 0.6) is 5.75 Å². The van der Waals surface area contributed by atoms with Crippen LogP contribution >= 0.6 is 11.8 Å². The molecule has 2 heterocycles. The third kappa shape index (κ3) is 4.51. The fraction of sp³-hybridized carbons (Fsp3) is 0.600. The Morgan fingerprint density at radius 2 is 2.23 bits per heavy atom. The molecule has 0 radical (unpaired) electrons. The van der Waals surface area contributed by atoms with E-state index in [0.717, 1.165) is 31.8 Å². The highest BCUT2D eigenvalue weighted by atomic mass is 32.2. The molecule has 0 aliphatic carbocycles. The molecule has 1 fully saturated rings. The number of ether oxygens (including phenoxy) is 2. The zero-order chi connectivity index (χ0) is 15.9. The molecule has 1 aromatic heterocycles. The Kier molecular flexibility index (Phi) is 6.33. The molecule has 6 nitrogen and oxygen atoms in total. The molecule has 22 heavy (non-hydrogen) atoms. The Bertz CT molecular complexity index is 567. The number of carbonyl (C=O) groups excluding carboxylic acids is 1. The van der Waals surface area contributed by atoms with Crippen molar-refractivity contribution < 1.29 is 14.3 Å².